The highest BCUT2D eigenvalue weighted by Crippen LogP contribution is 2.44. The Hall–Kier alpha value is -1.77. The molecule has 1 aromatic heterocycles. The Morgan fingerprint density at radius 2 is 1.91 bits per heavy atom. The predicted octanol–water partition coefficient (Wildman–Crippen LogP) is 4.21. The topological polar surface area (TPSA) is 29.3 Å². The molecule has 2 aromatic rings. The van der Waals surface area contributed by atoms with Crippen molar-refractivity contribution in [1.82, 2.24) is 5.16 Å². The maximum Gasteiger partial charge on any atom is 0.147 e. The van der Waals surface area contributed by atoms with Crippen LogP contribution in [0, 0.1) is 5.92 Å². The van der Waals surface area contributed by atoms with E-state index in [0.29, 0.717) is 5.92 Å². The minimum atomic E-state index is 0.0271. The van der Waals surface area contributed by atoms with Crippen LogP contribution in [0.15, 0.2) is 35.1 Å². The van der Waals surface area contributed by atoms with Crippen LogP contribution in [0.4, 0.5) is 5.69 Å². The number of hydrogen-bond acceptors (Lipinski definition) is 3. The molecule has 3 nitrogen and oxygen atoms in total. The Balaban J connectivity index is 2.03. The van der Waals surface area contributed by atoms with Crippen molar-refractivity contribution in [2.75, 3.05) is 18.0 Å². The Labute approximate surface area is 133 Å². The summed E-state index contributed by atoms with van der Waals surface area (Å²) in [6.07, 6.45) is 3.96. The zero-order valence-electron chi connectivity index (χ0n) is 14.1. The molecule has 1 aliphatic carbocycles. The number of rotatable bonds is 4. The van der Waals surface area contributed by atoms with Gasteiger partial charge < -0.3 is 9.42 Å². The van der Waals surface area contributed by atoms with Crippen molar-refractivity contribution in [2.45, 2.75) is 46.0 Å². The molecule has 1 aliphatic rings. The van der Waals surface area contributed by atoms with E-state index in [1.54, 1.807) is 0 Å². The van der Waals surface area contributed by atoms with Gasteiger partial charge in [0.25, 0.3) is 0 Å². The number of nitrogens with zero attached hydrogens (tertiary/aromatic N) is 2. The standard InChI is InChI=1S/C19H26N2O/c1-5-21(6-2)17-13-22-20-18(17)19(4)12-16-10-8-7-9-15(16)11-14(19)3/h7-10,13-14H,5-6,11-12H2,1-4H3. The molecule has 3 heteroatoms. The largest absolute Gasteiger partial charge is 0.368 e. The molecule has 0 saturated carbocycles. The van der Waals surface area contributed by atoms with Gasteiger partial charge in [-0.2, -0.15) is 0 Å². The normalized spacial score (nSPS) is 24.1. The summed E-state index contributed by atoms with van der Waals surface area (Å²) in [5, 5.41) is 4.44. The summed E-state index contributed by atoms with van der Waals surface area (Å²) in [5.74, 6) is 0.543. The van der Waals surface area contributed by atoms with Crippen molar-refractivity contribution in [3.8, 4) is 0 Å². The molecule has 22 heavy (non-hydrogen) atoms. The monoisotopic (exact) mass is 298 g/mol. The minimum Gasteiger partial charge on any atom is -0.368 e. The molecule has 0 fully saturated rings. The zero-order chi connectivity index (χ0) is 15.7. The second-order valence-electron chi connectivity index (χ2n) is 6.69. The van der Waals surface area contributed by atoms with Crippen LogP contribution in [-0.4, -0.2) is 18.2 Å². The van der Waals surface area contributed by atoms with Crippen molar-refractivity contribution >= 4 is 5.69 Å². The van der Waals surface area contributed by atoms with E-state index in [0.717, 1.165) is 31.6 Å². The maximum absolute atomic E-state index is 5.39. The van der Waals surface area contributed by atoms with Crippen LogP contribution in [0.3, 0.4) is 0 Å². The Kier molecular flexibility index (Phi) is 3.98. The molecule has 0 radical (unpaired) electrons. The van der Waals surface area contributed by atoms with E-state index in [9.17, 15) is 0 Å². The van der Waals surface area contributed by atoms with Crippen LogP contribution < -0.4 is 4.90 Å². The number of benzene rings is 1. The Morgan fingerprint density at radius 1 is 1.23 bits per heavy atom. The van der Waals surface area contributed by atoms with E-state index in [1.807, 2.05) is 6.26 Å². The average Bonchev–Trinajstić information content (AvgIpc) is 3.00. The molecular weight excluding hydrogens is 272 g/mol. The number of anilines is 1. The molecule has 0 aliphatic heterocycles. The third-order valence-corrected chi connectivity index (χ3v) is 5.49. The van der Waals surface area contributed by atoms with Crippen LogP contribution in [0.2, 0.25) is 0 Å². The van der Waals surface area contributed by atoms with E-state index in [1.165, 1.54) is 16.8 Å². The number of hydrogen-bond donors (Lipinski definition) is 0. The van der Waals surface area contributed by atoms with Crippen molar-refractivity contribution in [1.29, 1.82) is 0 Å². The quantitative estimate of drug-likeness (QED) is 0.846. The Morgan fingerprint density at radius 3 is 2.59 bits per heavy atom. The summed E-state index contributed by atoms with van der Waals surface area (Å²) in [6.45, 7) is 11.0. The molecule has 0 amide bonds. The van der Waals surface area contributed by atoms with Crippen LogP contribution in [0.5, 0.6) is 0 Å². The fourth-order valence-electron chi connectivity index (χ4n) is 3.79. The van der Waals surface area contributed by atoms with Crippen LogP contribution in [0.25, 0.3) is 0 Å². The molecule has 118 valence electrons. The van der Waals surface area contributed by atoms with Gasteiger partial charge in [0, 0.05) is 18.5 Å². The van der Waals surface area contributed by atoms with Crippen molar-refractivity contribution < 1.29 is 4.52 Å². The predicted molar refractivity (Wildman–Crippen MR) is 90.4 cm³/mol. The number of aromatic nitrogens is 1. The van der Waals surface area contributed by atoms with Gasteiger partial charge in [-0.3, -0.25) is 0 Å². The first-order valence-electron chi connectivity index (χ1n) is 8.36. The number of fused-ring (bicyclic) bond motifs is 1. The van der Waals surface area contributed by atoms with Gasteiger partial charge in [-0.05, 0) is 43.7 Å². The SMILES string of the molecule is CCN(CC)c1conc1C1(C)Cc2ccccc2CC1C. The molecule has 0 saturated heterocycles. The molecule has 0 N–H and O–H groups in total. The zero-order valence-corrected chi connectivity index (χ0v) is 14.1. The lowest BCUT2D eigenvalue weighted by Gasteiger charge is -2.40. The summed E-state index contributed by atoms with van der Waals surface area (Å²) in [4.78, 5) is 2.34. The third-order valence-electron chi connectivity index (χ3n) is 5.49. The van der Waals surface area contributed by atoms with Crippen molar-refractivity contribution in [3.05, 3.63) is 47.3 Å². The minimum absolute atomic E-state index is 0.0271. The molecule has 0 bridgehead atoms. The maximum atomic E-state index is 5.39. The summed E-state index contributed by atoms with van der Waals surface area (Å²) < 4.78 is 5.39. The van der Waals surface area contributed by atoms with Gasteiger partial charge in [-0.15, -0.1) is 0 Å². The lowest BCUT2D eigenvalue weighted by molar-refractivity contribution is 0.268. The fourth-order valence-corrected chi connectivity index (χ4v) is 3.79. The van der Waals surface area contributed by atoms with E-state index in [-0.39, 0.29) is 5.41 Å². The summed E-state index contributed by atoms with van der Waals surface area (Å²) in [6, 6.07) is 8.81. The first-order valence-corrected chi connectivity index (χ1v) is 8.36. The molecule has 1 aromatic carbocycles. The highest BCUT2D eigenvalue weighted by molar-refractivity contribution is 5.53. The van der Waals surface area contributed by atoms with E-state index >= 15 is 0 Å². The second kappa shape index (κ2) is 5.79. The van der Waals surface area contributed by atoms with Gasteiger partial charge in [0.2, 0.25) is 0 Å². The van der Waals surface area contributed by atoms with Gasteiger partial charge in [-0.1, -0.05) is 43.3 Å². The van der Waals surface area contributed by atoms with Crippen LogP contribution in [0.1, 0.15) is 44.5 Å². The van der Waals surface area contributed by atoms with Crippen molar-refractivity contribution in [3.63, 3.8) is 0 Å². The van der Waals surface area contributed by atoms with Gasteiger partial charge in [-0.25, -0.2) is 0 Å². The third kappa shape index (κ3) is 2.33. The summed E-state index contributed by atoms with van der Waals surface area (Å²) in [5.41, 5.74) is 5.26. The smallest absolute Gasteiger partial charge is 0.147 e. The summed E-state index contributed by atoms with van der Waals surface area (Å²) in [7, 11) is 0. The van der Waals surface area contributed by atoms with Gasteiger partial charge in [0.1, 0.15) is 17.6 Å². The highest BCUT2D eigenvalue weighted by atomic mass is 16.5. The lowest BCUT2D eigenvalue weighted by atomic mass is 9.64. The highest BCUT2D eigenvalue weighted by Gasteiger charge is 2.42. The molecule has 2 unspecified atom stereocenters. The van der Waals surface area contributed by atoms with Gasteiger partial charge in [0.05, 0.1) is 0 Å². The second-order valence-corrected chi connectivity index (χ2v) is 6.69. The summed E-state index contributed by atoms with van der Waals surface area (Å²) >= 11 is 0. The van der Waals surface area contributed by atoms with Crippen molar-refractivity contribution in [2.24, 2.45) is 5.92 Å². The van der Waals surface area contributed by atoms with E-state index in [2.05, 4.69) is 62.0 Å². The van der Waals surface area contributed by atoms with E-state index in [4.69, 9.17) is 4.52 Å². The molecule has 1 heterocycles. The van der Waals surface area contributed by atoms with Gasteiger partial charge >= 0.3 is 0 Å². The van der Waals surface area contributed by atoms with Crippen LogP contribution >= 0.6 is 0 Å². The lowest BCUT2D eigenvalue weighted by Crippen LogP contribution is -2.40. The molecule has 0 spiro atoms. The molecular formula is C19H26N2O. The average molecular weight is 298 g/mol. The fraction of sp³-hybridized carbons (Fsp3) is 0.526. The molecule has 3 rings (SSSR count). The first-order chi connectivity index (χ1) is 10.6. The molecule has 2 atom stereocenters. The van der Waals surface area contributed by atoms with Gasteiger partial charge in [0.15, 0.2) is 0 Å². The Bertz CT molecular complexity index is 644. The van der Waals surface area contributed by atoms with Crippen LogP contribution in [-0.2, 0) is 18.3 Å². The van der Waals surface area contributed by atoms with E-state index < -0.39 is 0 Å². The first kappa shape index (κ1) is 15.1.